The molecule has 0 aliphatic heterocycles. The van der Waals surface area contributed by atoms with Gasteiger partial charge in [-0.15, -0.1) is 0 Å². The summed E-state index contributed by atoms with van der Waals surface area (Å²) in [4.78, 5) is 0. The molecule has 0 spiro atoms. The van der Waals surface area contributed by atoms with Crippen LogP contribution in [0.2, 0.25) is 0 Å². The minimum atomic E-state index is -2.98. The summed E-state index contributed by atoms with van der Waals surface area (Å²) < 4.78 is 23.3. The summed E-state index contributed by atoms with van der Waals surface area (Å²) in [5.41, 5.74) is 2.32. The van der Waals surface area contributed by atoms with Gasteiger partial charge >= 0.3 is 0 Å². The number of rotatable bonds is 4. The molecule has 2 rings (SSSR count). The molecule has 3 nitrogen and oxygen atoms in total. The molecular weight excluding hydrogens is 272 g/mol. The molecule has 3 unspecified atom stereocenters. The first-order chi connectivity index (χ1) is 9.36. The molecule has 0 saturated heterocycles. The van der Waals surface area contributed by atoms with Crippen molar-refractivity contribution >= 4 is 9.84 Å². The quantitative estimate of drug-likeness (QED) is 0.929. The van der Waals surface area contributed by atoms with Gasteiger partial charge in [0.05, 0.1) is 11.4 Å². The number of benzene rings is 1. The van der Waals surface area contributed by atoms with Gasteiger partial charge in [-0.05, 0) is 44.1 Å². The van der Waals surface area contributed by atoms with Gasteiger partial charge in [0.25, 0.3) is 0 Å². The summed E-state index contributed by atoms with van der Waals surface area (Å²) in [6.07, 6.45) is 4.65. The molecule has 1 aromatic rings. The average molecular weight is 296 g/mol. The van der Waals surface area contributed by atoms with Crippen molar-refractivity contribution < 1.29 is 13.5 Å². The topological polar surface area (TPSA) is 54.4 Å². The standard InChI is InChI=1S/C16H24O3S/c1-12-6-8-13(9-7-12)10-16(17)14-4-3-5-15(11-14)20(2,18)19/h6-9,14-17H,3-5,10-11H2,1-2H3. The first-order valence-electron chi connectivity index (χ1n) is 7.28. The third-order valence-corrected chi connectivity index (χ3v) is 6.02. The molecule has 1 fully saturated rings. The lowest BCUT2D eigenvalue weighted by Crippen LogP contribution is -2.34. The molecule has 0 aromatic heterocycles. The fourth-order valence-electron chi connectivity index (χ4n) is 3.05. The van der Waals surface area contributed by atoms with E-state index in [2.05, 4.69) is 0 Å². The normalized spacial score (nSPS) is 25.4. The van der Waals surface area contributed by atoms with Crippen molar-refractivity contribution in [3.8, 4) is 0 Å². The Kier molecular flexibility index (Phi) is 4.86. The Morgan fingerprint density at radius 3 is 2.50 bits per heavy atom. The van der Waals surface area contributed by atoms with Gasteiger partial charge in [-0.1, -0.05) is 36.2 Å². The highest BCUT2D eigenvalue weighted by atomic mass is 32.2. The fourth-order valence-corrected chi connectivity index (χ4v) is 4.24. The highest BCUT2D eigenvalue weighted by Crippen LogP contribution is 2.31. The van der Waals surface area contributed by atoms with Crippen molar-refractivity contribution in [3.63, 3.8) is 0 Å². The average Bonchev–Trinajstić information content (AvgIpc) is 2.40. The molecule has 4 heteroatoms. The van der Waals surface area contributed by atoms with Crippen molar-refractivity contribution in [3.05, 3.63) is 35.4 Å². The maximum atomic E-state index is 11.7. The van der Waals surface area contributed by atoms with E-state index < -0.39 is 15.9 Å². The van der Waals surface area contributed by atoms with Crippen LogP contribution in [0.3, 0.4) is 0 Å². The van der Waals surface area contributed by atoms with E-state index in [1.807, 2.05) is 31.2 Å². The van der Waals surface area contributed by atoms with Crippen LogP contribution in [0.1, 0.15) is 36.8 Å². The van der Waals surface area contributed by atoms with Crippen LogP contribution in [0.25, 0.3) is 0 Å². The molecule has 1 saturated carbocycles. The Bertz CT molecular complexity index is 533. The zero-order valence-corrected chi connectivity index (χ0v) is 13.1. The summed E-state index contributed by atoms with van der Waals surface area (Å²) in [6, 6.07) is 8.16. The maximum absolute atomic E-state index is 11.7. The molecule has 1 aliphatic rings. The monoisotopic (exact) mass is 296 g/mol. The second-order valence-electron chi connectivity index (χ2n) is 6.14. The molecule has 1 N–H and O–H groups in total. The summed E-state index contributed by atoms with van der Waals surface area (Å²) in [5, 5.41) is 10.1. The number of aliphatic hydroxyl groups is 1. The molecule has 1 aromatic carbocycles. The minimum absolute atomic E-state index is 0.102. The maximum Gasteiger partial charge on any atom is 0.150 e. The number of aliphatic hydroxyl groups excluding tert-OH is 1. The predicted octanol–water partition coefficient (Wildman–Crippen LogP) is 2.50. The van der Waals surface area contributed by atoms with E-state index in [-0.39, 0.29) is 11.2 Å². The summed E-state index contributed by atoms with van der Waals surface area (Å²) >= 11 is 0. The van der Waals surface area contributed by atoms with E-state index >= 15 is 0 Å². The lowest BCUT2D eigenvalue weighted by atomic mass is 9.83. The zero-order chi connectivity index (χ0) is 14.8. The van der Waals surface area contributed by atoms with Crippen LogP contribution < -0.4 is 0 Å². The van der Waals surface area contributed by atoms with E-state index in [0.29, 0.717) is 12.8 Å². The van der Waals surface area contributed by atoms with Crippen molar-refractivity contribution in [2.75, 3.05) is 6.26 Å². The van der Waals surface area contributed by atoms with Crippen molar-refractivity contribution in [2.24, 2.45) is 5.92 Å². The van der Waals surface area contributed by atoms with Crippen LogP contribution in [0.4, 0.5) is 0 Å². The van der Waals surface area contributed by atoms with Gasteiger partial charge in [-0.25, -0.2) is 8.42 Å². The molecule has 20 heavy (non-hydrogen) atoms. The molecule has 0 radical (unpaired) electrons. The van der Waals surface area contributed by atoms with Gasteiger partial charge < -0.3 is 5.11 Å². The lowest BCUT2D eigenvalue weighted by Gasteiger charge is -2.31. The summed E-state index contributed by atoms with van der Waals surface area (Å²) in [6.45, 7) is 2.04. The van der Waals surface area contributed by atoms with E-state index in [4.69, 9.17) is 0 Å². The Morgan fingerprint density at radius 1 is 1.25 bits per heavy atom. The van der Waals surface area contributed by atoms with Crippen molar-refractivity contribution in [1.82, 2.24) is 0 Å². The number of hydrogen-bond acceptors (Lipinski definition) is 3. The number of sulfone groups is 1. The van der Waals surface area contributed by atoms with E-state index in [1.165, 1.54) is 11.8 Å². The van der Waals surface area contributed by atoms with Gasteiger partial charge in [0.1, 0.15) is 9.84 Å². The van der Waals surface area contributed by atoms with Crippen molar-refractivity contribution in [1.29, 1.82) is 0 Å². The molecule has 0 heterocycles. The van der Waals surface area contributed by atoms with Crippen LogP contribution in [0.5, 0.6) is 0 Å². The largest absolute Gasteiger partial charge is 0.392 e. The molecule has 3 atom stereocenters. The van der Waals surface area contributed by atoms with Crippen LogP contribution in [0, 0.1) is 12.8 Å². The molecule has 0 amide bonds. The Balaban J connectivity index is 1.98. The minimum Gasteiger partial charge on any atom is -0.392 e. The van der Waals surface area contributed by atoms with Gasteiger partial charge in [0.2, 0.25) is 0 Å². The number of aryl methyl sites for hydroxylation is 1. The third kappa shape index (κ3) is 4.06. The SMILES string of the molecule is Cc1ccc(CC(O)C2CCCC(S(C)(=O)=O)C2)cc1. The van der Waals surface area contributed by atoms with Crippen LogP contribution >= 0.6 is 0 Å². The highest BCUT2D eigenvalue weighted by molar-refractivity contribution is 7.91. The Morgan fingerprint density at radius 2 is 1.90 bits per heavy atom. The van der Waals surface area contributed by atoms with Gasteiger partial charge in [-0.3, -0.25) is 0 Å². The Hall–Kier alpha value is -0.870. The lowest BCUT2D eigenvalue weighted by molar-refractivity contribution is 0.0859. The van der Waals surface area contributed by atoms with Gasteiger partial charge in [-0.2, -0.15) is 0 Å². The zero-order valence-electron chi connectivity index (χ0n) is 12.2. The second kappa shape index (κ2) is 6.27. The van der Waals surface area contributed by atoms with E-state index in [0.717, 1.165) is 24.8 Å². The first-order valence-corrected chi connectivity index (χ1v) is 9.24. The summed E-state index contributed by atoms with van der Waals surface area (Å²) in [7, 11) is -2.98. The van der Waals surface area contributed by atoms with Crippen molar-refractivity contribution in [2.45, 2.75) is 50.4 Å². The van der Waals surface area contributed by atoms with Crippen LogP contribution in [-0.2, 0) is 16.3 Å². The molecule has 112 valence electrons. The van der Waals surface area contributed by atoms with Gasteiger partial charge in [0, 0.05) is 6.26 Å². The van der Waals surface area contributed by atoms with Crippen LogP contribution in [0.15, 0.2) is 24.3 Å². The fraction of sp³-hybridized carbons (Fsp3) is 0.625. The van der Waals surface area contributed by atoms with E-state index in [1.54, 1.807) is 0 Å². The Labute approximate surface area is 121 Å². The third-order valence-electron chi connectivity index (χ3n) is 4.38. The van der Waals surface area contributed by atoms with Crippen LogP contribution in [-0.4, -0.2) is 31.1 Å². The summed E-state index contributed by atoms with van der Waals surface area (Å²) in [5.74, 6) is 0.102. The molecular formula is C16H24O3S. The first kappa shape index (κ1) is 15.5. The number of hydrogen-bond donors (Lipinski definition) is 1. The molecule has 1 aliphatic carbocycles. The second-order valence-corrected chi connectivity index (χ2v) is 8.46. The highest BCUT2D eigenvalue weighted by Gasteiger charge is 2.32. The smallest absolute Gasteiger partial charge is 0.150 e. The van der Waals surface area contributed by atoms with E-state index in [9.17, 15) is 13.5 Å². The predicted molar refractivity (Wildman–Crippen MR) is 81.5 cm³/mol. The van der Waals surface area contributed by atoms with Gasteiger partial charge in [0.15, 0.2) is 0 Å². The molecule has 0 bridgehead atoms.